The molecule has 0 atom stereocenters. The van der Waals surface area contributed by atoms with Crippen molar-refractivity contribution in [3.63, 3.8) is 0 Å². The van der Waals surface area contributed by atoms with Crippen molar-refractivity contribution in [3.8, 4) is 5.69 Å². The van der Waals surface area contributed by atoms with E-state index in [1.54, 1.807) is 12.1 Å². The Labute approximate surface area is 207 Å². The summed E-state index contributed by atoms with van der Waals surface area (Å²) in [6.45, 7) is 15.3. The van der Waals surface area contributed by atoms with Gasteiger partial charge in [0, 0.05) is 69.8 Å². The number of nitro benzene ring substituents is 1. The van der Waals surface area contributed by atoms with Crippen molar-refractivity contribution in [2.24, 2.45) is 0 Å². The number of hydrogen-bond donors (Lipinski definition) is 1. The molecule has 1 fully saturated rings. The Morgan fingerprint density at radius 3 is 2.40 bits per heavy atom. The van der Waals surface area contributed by atoms with Gasteiger partial charge in [0.1, 0.15) is 0 Å². The molecule has 1 aliphatic heterocycles. The van der Waals surface area contributed by atoms with Crippen LogP contribution in [-0.2, 0) is 12.0 Å². The van der Waals surface area contributed by atoms with Gasteiger partial charge in [0.2, 0.25) is 0 Å². The molecule has 1 N–H and O–H groups in total. The average molecular weight is 477 g/mol. The van der Waals surface area contributed by atoms with E-state index in [2.05, 4.69) is 73.3 Å². The van der Waals surface area contributed by atoms with Crippen molar-refractivity contribution in [1.29, 1.82) is 0 Å². The zero-order valence-electron chi connectivity index (χ0n) is 21.2. The van der Waals surface area contributed by atoms with Crippen LogP contribution in [-0.4, -0.2) is 58.9 Å². The fraction of sp³-hybridized carbons (Fsp3) is 0.444. The topological polar surface area (TPSA) is 79.5 Å². The molecular formula is C27H36N6O2. The number of nitro groups is 1. The quantitative estimate of drug-likeness (QED) is 0.297. The molecule has 0 spiro atoms. The summed E-state index contributed by atoms with van der Waals surface area (Å²) >= 11 is 0. The highest BCUT2D eigenvalue weighted by Gasteiger charge is 2.20. The largest absolute Gasteiger partial charge is 0.369 e. The second kappa shape index (κ2) is 10.6. The third-order valence-corrected chi connectivity index (χ3v) is 6.56. The van der Waals surface area contributed by atoms with Crippen molar-refractivity contribution in [3.05, 3.63) is 81.7 Å². The van der Waals surface area contributed by atoms with Gasteiger partial charge < -0.3 is 10.2 Å². The number of aryl methyl sites for hydroxylation is 1. The van der Waals surface area contributed by atoms with Gasteiger partial charge in [-0.3, -0.25) is 15.0 Å². The summed E-state index contributed by atoms with van der Waals surface area (Å²) < 4.78 is 2.00. The zero-order valence-corrected chi connectivity index (χ0v) is 21.2. The molecule has 0 bridgehead atoms. The number of nitrogens with zero attached hydrogens (tertiary/aromatic N) is 5. The maximum atomic E-state index is 10.8. The average Bonchev–Trinajstić information content (AvgIpc) is 3.30. The van der Waals surface area contributed by atoms with Crippen LogP contribution in [0.25, 0.3) is 5.69 Å². The summed E-state index contributed by atoms with van der Waals surface area (Å²) in [7, 11) is 0. The first kappa shape index (κ1) is 24.9. The van der Waals surface area contributed by atoms with Gasteiger partial charge in [0.05, 0.1) is 16.3 Å². The lowest BCUT2D eigenvalue weighted by Crippen LogP contribution is -2.48. The third kappa shape index (κ3) is 6.26. The molecule has 1 aliphatic rings. The monoisotopic (exact) mass is 476 g/mol. The van der Waals surface area contributed by atoms with Crippen LogP contribution in [0, 0.1) is 17.0 Å². The van der Waals surface area contributed by atoms with E-state index in [4.69, 9.17) is 5.10 Å². The standard InChI is InChI=1S/C27H36N6O2/c1-21-5-10-25(27(2,3)4)26(19-21)32-13-11-22(29-32)20-28-12-14-30-15-17-31(18-16-30)23-6-8-24(9-7-23)33(34)35/h5-11,13,19,28H,12,14-18,20H2,1-4H3. The van der Waals surface area contributed by atoms with Gasteiger partial charge in [0.15, 0.2) is 0 Å². The van der Waals surface area contributed by atoms with E-state index in [9.17, 15) is 10.1 Å². The maximum Gasteiger partial charge on any atom is 0.269 e. The van der Waals surface area contributed by atoms with Crippen LogP contribution in [0.2, 0.25) is 0 Å². The molecule has 2 aromatic carbocycles. The molecule has 0 unspecified atom stereocenters. The van der Waals surface area contributed by atoms with Crippen LogP contribution in [0.15, 0.2) is 54.7 Å². The lowest BCUT2D eigenvalue weighted by atomic mass is 9.85. The smallest absolute Gasteiger partial charge is 0.269 e. The Bertz CT molecular complexity index is 1140. The first-order valence-corrected chi connectivity index (χ1v) is 12.3. The van der Waals surface area contributed by atoms with Crippen LogP contribution in [0.3, 0.4) is 0 Å². The second-order valence-corrected chi connectivity index (χ2v) is 10.3. The molecule has 0 aliphatic carbocycles. The molecule has 0 amide bonds. The Hall–Kier alpha value is -3.23. The first-order chi connectivity index (χ1) is 16.7. The highest BCUT2D eigenvalue weighted by atomic mass is 16.6. The minimum atomic E-state index is -0.356. The van der Waals surface area contributed by atoms with Crippen molar-refractivity contribution in [1.82, 2.24) is 20.0 Å². The van der Waals surface area contributed by atoms with Crippen LogP contribution in [0.4, 0.5) is 11.4 Å². The summed E-state index contributed by atoms with van der Waals surface area (Å²) in [5.74, 6) is 0. The van der Waals surface area contributed by atoms with E-state index < -0.39 is 0 Å². The molecule has 186 valence electrons. The van der Waals surface area contributed by atoms with Gasteiger partial charge >= 0.3 is 0 Å². The van der Waals surface area contributed by atoms with E-state index in [1.807, 2.05) is 16.8 Å². The fourth-order valence-electron chi connectivity index (χ4n) is 4.52. The number of piperazine rings is 1. The Morgan fingerprint density at radius 1 is 1.03 bits per heavy atom. The van der Waals surface area contributed by atoms with Crippen LogP contribution >= 0.6 is 0 Å². The van der Waals surface area contributed by atoms with Gasteiger partial charge in [-0.1, -0.05) is 32.9 Å². The van der Waals surface area contributed by atoms with E-state index in [1.165, 1.54) is 11.1 Å². The Morgan fingerprint density at radius 2 is 1.74 bits per heavy atom. The van der Waals surface area contributed by atoms with Gasteiger partial charge in [-0.25, -0.2) is 4.68 Å². The highest BCUT2D eigenvalue weighted by Crippen LogP contribution is 2.29. The van der Waals surface area contributed by atoms with E-state index in [-0.39, 0.29) is 16.0 Å². The summed E-state index contributed by atoms with van der Waals surface area (Å²) in [5.41, 5.74) is 5.94. The second-order valence-electron chi connectivity index (χ2n) is 10.3. The first-order valence-electron chi connectivity index (χ1n) is 12.3. The van der Waals surface area contributed by atoms with Crippen molar-refractivity contribution < 1.29 is 4.92 Å². The van der Waals surface area contributed by atoms with Crippen LogP contribution in [0.5, 0.6) is 0 Å². The number of aromatic nitrogens is 2. The zero-order chi connectivity index (χ0) is 25.0. The molecule has 0 saturated carbocycles. The number of anilines is 1. The van der Waals surface area contributed by atoms with Gasteiger partial charge in [-0.15, -0.1) is 0 Å². The molecule has 4 rings (SSSR count). The summed E-state index contributed by atoms with van der Waals surface area (Å²) in [6.07, 6.45) is 2.05. The lowest BCUT2D eigenvalue weighted by molar-refractivity contribution is -0.384. The fourth-order valence-corrected chi connectivity index (χ4v) is 4.52. The molecule has 0 radical (unpaired) electrons. The molecule has 2 heterocycles. The number of rotatable bonds is 8. The van der Waals surface area contributed by atoms with Crippen LogP contribution in [0.1, 0.15) is 37.6 Å². The SMILES string of the molecule is Cc1ccc(C(C)(C)C)c(-n2ccc(CNCCN3CCN(c4ccc([N+](=O)[O-])cc4)CC3)n2)c1. The summed E-state index contributed by atoms with van der Waals surface area (Å²) in [4.78, 5) is 15.2. The van der Waals surface area contributed by atoms with Gasteiger partial charge in [-0.05, 0) is 47.7 Å². The van der Waals surface area contributed by atoms with Crippen molar-refractivity contribution in [2.45, 2.75) is 39.7 Å². The van der Waals surface area contributed by atoms with E-state index in [0.717, 1.165) is 62.9 Å². The predicted octanol–water partition coefficient (Wildman–Crippen LogP) is 4.30. The maximum absolute atomic E-state index is 10.8. The van der Waals surface area contributed by atoms with Gasteiger partial charge in [0.25, 0.3) is 5.69 Å². The Balaban J connectivity index is 1.23. The molecule has 1 aromatic heterocycles. The number of non-ortho nitro benzene ring substituents is 1. The van der Waals surface area contributed by atoms with Crippen LogP contribution < -0.4 is 10.2 Å². The minimum Gasteiger partial charge on any atom is -0.369 e. The Kier molecular flexibility index (Phi) is 7.52. The third-order valence-electron chi connectivity index (χ3n) is 6.56. The highest BCUT2D eigenvalue weighted by molar-refractivity contribution is 5.51. The van der Waals surface area contributed by atoms with E-state index in [0.29, 0.717) is 0 Å². The van der Waals surface area contributed by atoms with E-state index >= 15 is 0 Å². The molecule has 8 heteroatoms. The summed E-state index contributed by atoms with van der Waals surface area (Å²) in [5, 5.41) is 19.2. The van der Waals surface area contributed by atoms with Crippen molar-refractivity contribution in [2.75, 3.05) is 44.2 Å². The number of hydrogen-bond acceptors (Lipinski definition) is 6. The molecule has 8 nitrogen and oxygen atoms in total. The molecular weight excluding hydrogens is 440 g/mol. The molecule has 35 heavy (non-hydrogen) atoms. The predicted molar refractivity (Wildman–Crippen MR) is 140 cm³/mol. The summed E-state index contributed by atoms with van der Waals surface area (Å²) in [6, 6.07) is 15.5. The lowest BCUT2D eigenvalue weighted by Gasteiger charge is -2.36. The van der Waals surface area contributed by atoms with Crippen molar-refractivity contribution >= 4 is 11.4 Å². The van der Waals surface area contributed by atoms with Gasteiger partial charge in [-0.2, -0.15) is 5.10 Å². The molecule has 1 saturated heterocycles. The molecule has 3 aromatic rings. The number of benzene rings is 2. The minimum absolute atomic E-state index is 0.0515. The normalized spacial score (nSPS) is 14.9. The number of nitrogens with one attached hydrogen (secondary N) is 1.